The summed E-state index contributed by atoms with van der Waals surface area (Å²) in [5.74, 6) is -9.02. The first-order chi connectivity index (χ1) is 8.23. The Kier molecular flexibility index (Phi) is 22.4. The van der Waals surface area contributed by atoms with Gasteiger partial charge in [0.15, 0.2) is 0 Å². The second-order valence-corrected chi connectivity index (χ2v) is 3.78. The molecule has 0 amide bonds. The normalized spacial score (nSPS) is 11.6. The van der Waals surface area contributed by atoms with Crippen molar-refractivity contribution in [1.29, 1.82) is 0 Å². The van der Waals surface area contributed by atoms with E-state index in [1.807, 2.05) is 0 Å². The van der Waals surface area contributed by atoms with Gasteiger partial charge in [0, 0.05) is 29.7 Å². The molecule has 0 fully saturated rings. The van der Waals surface area contributed by atoms with Crippen molar-refractivity contribution in [2.75, 3.05) is 0 Å². The Labute approximate surface area is 187 Å². The fourth-order valence-corrected chi connectivity index (χ4v) is 1.42. The third kappa shape index (κ3) is 15.5. The van der Waals surface area contributed by atoms with Crippen molar-refractivity contribution >= 4 is 23.9 Å². The van der Waals surface area contributed by atoms with Crippen molar-refractivity contribution in [2.24, 2.45) is 11.8 Å². The minimum atomic E-state index is -1.65. The van der Waals surface area contributed by atoms with Gasteiger partial charge in [-0.3, -0.25) is 4.79 Å². The van der Waals surface area contributed by atoms with Crippen LogP contribution in [0.1, 0.15) is 25.7 Å². The molecular weight excluding hydrogens is 317 g/mol. The molecule has 0 spiro atoms. The Morgan fingerprint density at radius 3 is 1.33 bits per heavy atom. The first kappa shape index (κ1) is 29.8. The smallest absolute Gasteiger partial charge is 0.550 e. The zero-order valence-corrected chi connectivity index (χ0v) is 18.3. The van der Waals surface area contributed by atoms with Crippen LogP contribution < -0.4 is 104 Å². The number of carbonyl (C=O) groups is 4. The van der Waals surface area contributed by atoms with E-state index in [4.69, 9.17) is 5.11 Å². The van der Waals surface area contributed by atoms with Gasteiger partial charge in [-0.2, -0.15) is 0 Å². The summed E-state index contributed by atoms with van der Waals surface area (Å²) in [7, 11) is 0. The molecule has 8 nitrogen and oxygen atoms in total. The molecule has 0 saturated carbocycles. The summed E-state index contributed by atoms with van der Waals surface area (Å²) in [5.41, 5.74) is 0. The largest absolute Gasteiger partial charge is 1.00 e. The van der Waals surface area contributed by atoms with Gasteiger partial charge in [0.2, 0.25) is 0 Å². The molecule has 2 unspecified atom stereocenters. The number of hydrogen-bond acceptors (Lipinski definition) is 7. The minimum Gasteiger partial charge on any atom is -0.550 e. The first-order valence-electron chi connectivity index (χ1n) is 5.07. The van der Waals surface area contributed by atoms with Gasteiger partial charge in [0.25, 0.3) is 0 Å². The molecule has 0 aliphatic carbocycles. The van der Waals surface area contributed by atoms with Crippen LogP contribution in [0.5, 0.6) is 0 Å². The standard InChI is InChI=1S/C10H14O8.3Na/c11-7(12)3-5(9(15)16)1-2-6(10(17)18)4-8(13)14;;;/h5-6H,1-4H2,(H,11,12)(H,13,14)(H,15,16)(H,17,18);;;/q;3*+1/p-3. The number of carboxylic acids is 4. The fourth-order valence-electron chi connectivity index (χ4n) is 1.42. The average Bonchev–Trinajstić information content (AvgIpc) is 2.20. The molecule has 0 rings (SSSR count). The van der Waals surface area contributed by atoms with Crippen LogP contribution in [0.3, 0.4) is 0 Å². The molecule has 0 bridgehead atoms. The van der Waals surface area contributed by atoms with Gasteiger partial charge < -0.3 is 34.8 Å². The molecular formula is C10H11Na3O8. The van der Waals surface area contributed by atoms with Gasteiger partial charge in [-0.25, -0.2) is 0 Å². The van der Waals surface area contributed by atoms with E-state index in [1.165, 1.54) is 0 Å². The van der Waals surface area contributed by atoms with Crippen LogP contribution in [-0.2, 0) is 19.2 Å². The third-order valence-corrected chi connectivity index (χ3v) is 2.36. The second-order valence-electron chi connectivity index (χ2n) is 3.78. The Bertz CT molecular complexity index is 326. The van der Waals surface area contributed by atoms with E-state index in [2.05, 4.69) is 0 Å². The van der Waals surface area contributed by atoms with Crippen LogP contribution in [0.15, 0.2) is 0 Å². The van der Waals surface area contributed by atoms with Crippen LogP contribution in [0.2, 0.25) is 0 Å². The second kappa shape index (κ2) is 15.8. The van der Waals surface area contributed by atoms with Crippen molar-refractivity contribution < 1.29 is 128 Å². The molecule has 0 aliphatic rings. The fraction of sp³-hybridized carbons (Fsp3) is 0.600. The molecule has 0 aromatic heterocycles. The molecule has 0 saturated heterocycles. The van der Waals surface area contributed by atoms with E-state index in [0.717, 1.165) is 0 Å². The quantitative estimate of drug-likeness (QED) is 0.409. The van der Waals surface area contributed by atoms with E-state index < -0.39 is 48.6 Å². The molecule has 0 heterocycles. The summed E-state index contributed by atoms with van der Waals surface area (Å²) in [6, 6.07) is 0. The molecule has 0 aromatic rings. The number of rotatable bonds is 9. The Morgan fingerprint density at radius 1 is 0.762 bits per heavy atom. The van der Waals surface area contributed by atoms with Gasteiger partial charge in [0.1, 0.15) is 0 Å². The molecule has 0 aromatic carbocycles. The summed E-state index contributed by atoms with van der Waals surface area (Å²) in [4.78, 5) is 41.7. The molecule has 21 heavy (non-hydrogen) atoms. The SMILES string of the molecule is O=C([O-])CC(CCC(CC(=O)O)C(=O)[O-])C(=O)[O-].[Na+].[Na+].[Na+]. The van der Waals surface area contributed by atoms with Gasteiger partial charge in [0.05, 0.1) is 6.42 Å². The summed E-state index contributed by atoms with van der Waals surface area (Å²) in [6.45, 7) is 0. The van der Waals surface area contributed by atoms with Gasteiger partial charge in [-0.05, 0) is 19.3 Å². The van der Waals surface area contributed by atoms with E-state index >= 15 is 0 Å². The van der Waals surface area contributed by atoms with Crippen LogP contribution in [0.4, 0.5) is 0 Å². The molecule has 11 heteroatoms. The summed E-state index contributed by atoms with van der Waals surface area (Å²) < 4.78 is 0. The topological polar surface area (TPSA) is 158 Å². The van der Waals surface area contributed by atoms with Crippen LogP contribution in [0, 0.1) is 11.8 Å². The summed E-state index contributed by atoms with van der Waals surface area (Å²) in [5, 5.41) is 39.8. The van der Waals surface area contributed by atoms with E-state index in [1.54, 1.807) is 0 Å². The van der Waals surface area contributed by atoms with Crippen molar-refractivity contribution in [2.45, 2.75) is 25.7 Å². The van der Waals surface area contributed by atoms with Crippen LogP contribution >= 0.6 is 0 Å². The van der Waals surface area contributed by atoms with Gasteiger partial charge >= 0.3 is 94.6 Å². The summed E-state index contributed by atoms with van der Waals surface area (Å²) in [6.07, 6.45) is -2.18. The maximum atomic E-state index is 10.6. The maximum Gasteiger partial charge on any atom is 1.00 e. The Hall–Kier alpha value is 0.880. The van der Waals surface area contributed by atoms with Crippen LogP contribution in [0.25, 0.3) is 0 Å². The number of hydrogen-bond donors (Lipinski definition) is 1. The minimum absolute atomic E-state index is 0. The maximum absolute atomic E-state index is 10.6. The average molecular weight is 328 g/mol. The number of aliphatic carboxylic acids is 4. The number of carbonyl (C=O) groups excluding carboxylic acids is 3. The molecule has 102 valence electrons. The predicted molar refractivity (Wildman–Crippen MR) is 48.1 cm³/mol. The van der Waals surface area contributed by atoms with Crippen molar-refractivity contribution in [1.82, 2.24) is 0 Å². The first-order valence-corrected chi connectivity index (χ1v) is 5.07. The predicted octanol–water partition coefficient (Wildman–Crippen LogP) is -12.9. The zero-order chi connectivity index (χ0) is 14.3. The van der Waals surface area contributed by atoms with Crippen LogP contribution in [-0.4, -0.2) is 29.0 Å². The van der Waals surface area contributed by atoms with E-state index in [9.17, 15) is 34.5 Å². The van der Waals surface area contributed by atoms with E-state index in [-0.39, 0.29) is 102 Å². The van der Waals surface area contributed by atoms with Crippen molar-refractivity contribution in [3.8, 4) is 0 Å². The monoisotopic (exact) mass is 328 g/mol. The summed E-state index contributed by atoms with van der Waals surface area (Å²) >= 11 is 0. The number of carboxylic acid groups (broad SMARTS) is 4. The van der Waals surface area contributed by atoms with Crippen molar-refractivity contribution in [3.05, 3.63) is 0 Å². The van der Waals surface area contributed by atoms with E-state index in [0.29, 0.717) is 0 Å². The van der Waals surface area contributed by atoms with Gasteiger partial charge in [-0.1, -0.05) is 0 Å². The van der Waals surface area contributed by atoms with Gasteiger partial charge in [-0.15, -0.1) is 0 Å². The zero-order valence-electron chi connectivity index (χ0n) is 12.3. The molecule has 0 aliphatic heterocycles. The Balaban J connectivity index is -0.000000482. The Morgan fingerprint density at radius 2 is 1.10 bits per heavy atom. The molecule has 2 atom stereocenters. The molecule has 1 N–H and O–H groups in total. The molecule has 0 radical (unpaired) electrons. The third-order valence-electron chi connectivity index (χ3n) is 2.36. The van der Waals surface area contributed by atoms with Crippen molar-refractivity contribution in [3.63, 3.8) is 0 Å².